The third-order valence-electron chi connectivity index (χ3n) is 8.79. The number of nitrogens with one attached hydrogen (secondary N) is 1. The van der Waals surface area contributed by atoms with E-state index in [1.165, 1.54) is 33.8 Å². The third-order valence-corrected chi connectivity index (χ3v) is 10.2. The molecule has 0 unspecified atom stereocenters. The zero-order valence-electron chi connectivity index (χ0n) is 34.2. The molecule has 4 aromatic carbocycles. The van der Waals surface area contributed by atoms with Crippen molar-refractivity contribution in [1.82, 2.24) is 9.97 Å². The van der Waals surface area contributed by atoms with Gasteiger partial charge in [-0.3, -0.25) is 9.59 Å². The van der Waals surface area contributed by atoms with Gasteiger partial charge in [-0.2, -0.15) is 0 Å². The number of aliphatic hydroxyl groups excluding tert-OH is 2. The number of aromatic nitrogens is 2. The van der Waals surface area contributed by atoms with E-state index in [9.17, 15) is 19.8 Å². The Morgan fingerprint density at radius 3 is 1.41 bits per heavy atom. The van der Waals surface area contributed by atoms with Gasteiger partial charge in [0.25, 0.3) is 0 Å². The van der Waals surface area contributed by atoms with Gasteiger partial charge in [0.05, 0.1) is 36.4 Å². The number of benzene rings is 4. The van der Waals surface area contributed by atoms with Gasteiger partial charge in [-0.25, -0.2) is 9.97 Å². The van der Waals surface area contributed by atoms with Crippen LogP contribution < -0.4 is 35.8 Å². The number of aliphatic hydroxyl groups is 2. The van der Waals surface area contributed by atoms with Crippen molar-refractivity contribution in [3.8, 4) is 0 Å². The van der Waals surface area contributed by atoms with Crippen LogP contribution in [-0.2, 0) is 35.3 Å². The Morgan fingerprint density at radius 1 is 0.635 bits per heavy atom. The number of hydrogen-bond acceptors (Lipinski definition) is 11. The molecule has 0 spiro atoms. The fourth-order valence-electron chi connectivity index (χ4n) is 5.79. The number of carbonyl (C=O) groups is 2. The van der Waals surface area contributed by atoms with Gasteiger partial charge in [0.1, 0.15) is 0 Å². The van der Waals surface area contributed by atoms with Gasteiger partial charge in [0.2, 0.25) is 5.91 Å². The molecule has 1 amide bonds. The second-order valence-corrected chi connectivity index (χ2v) is 31.5. The van der Waals surface area contributed by atoms with E-state index < -0.39 is 12.1 Å². The van der Waals surface area contributed by atoms with Crippen LogP contribution >= 0.6 is 110 Å². The van der Waals surface area contributed by atoms with Crippen LogP contribution in [0.1, 0.15) is 84.4 Å². The van der Waals surface area contributed by atoms with Gasteiger partial charge in [-0.15, -0.1) is 35.1 Å². The number of halogens is 6. The maximum Gasteiger partial charge on any atom is 0.309 e. The van der Waals surface area contributed by atoms with Gasteiger partial charge in [0, 0.05) is 59.4 Å². The summed E-state index contributed by atoms with van der Waals surface area (Å²) >= 11 is 12.1. The van der Waals surface area contributed by atoms with Crippen molar-refractivity contribution < 1.29 is 38.2 Å². The van der Waals surface area contributed by atoms with E-state index in [0.717, 1.165) is 73.9 Å². The van der Waals surface area contributed by atoms with Crippen molar-refractivity contribution in [3.63, 3.8) is 0 Å². The Morgan fingerprint density at radius 2 is 1.03 bits per heavy atom. The van der Waals surface area contributed by atoms with Crippen LogP contribution in [0, 0.1) is 0 Å². The standard InChI is InChI=1S/C22H25N3O2S.C17H21NO.C5H6N2O2S.ClH.I3.I2/c23-22-25-19(15-28-22)14-21(27)24-18-12-10-16(11-13-18)6-4-5-9-20(26)17-7-2-1-3-8-17;18-16-12-10-14(11-13-16)6-4-5-9-17(19)15-7-2-1-3-8-15;6-5-7-3(2-10-5)1-4(8)9;;1-3-2;1-2/h1-3,7-8,10-13,15,20,26H,4-6,9,14H2,(H2,23,25)(H,24,27);1-3,7-8,10-13,17,19H,4-6,9,18H2;2H,1H2,(H2,6,7)(H,8,9);1H;;/q;;;;-1;/t20-;17-;;;;/m00..../s1. The normalized spacial score (nSPS) is 11.0. The average molecular weight is 1480 g/mol. The number of aliphatic carboxylic acids is 1. The summed E-state index contributed by atoms with van der Waals surface area (Å²) in [7, 11) is 0. The van der Waals surface area contributed by atoms with Crippen LogP contribution in [0.15, 0.2) is 120 Å². The molecule has 10 N–H and O–H groups in total. The van der Waals surface area contributed by atoms with Crippen molar-refractivity contribution in [1.29, 1.82) is 0 Å². The quantitative estimate of drug-likeness (QED) is 0.0261. The van der Waals surface area contributed by atoms with Crippen LogP contribution in [-0.4, -0.2) is 37.2 Å². The number of carbonyl (C=O) groups excluding carboxylic acids is 1. The summed E-state index contributed by atoms with van der Waals surface area (Å²) in [6.45, 7) is 0. The van der Waals surface area contributed by atoms with Crippen LogP contribution in [0.5, 0.6) is 0 Å². The van der Waals surface area contributed by atoms with E-state index in [1.54, 1.807) is 10.8 Å². The number of hydrogen-bond donors (Lipinski definition) is 7. The maximum absolute atomic E-state index is 12.1. The fourth-order valence-corrected chi connectivity index (χ4v) is 6.91. The number of carboxylic acid groups (broad SMARTS) is 1. The summed E-state index contributed by atoms with van der Waals surface area (Å²) < 4.78 is 0. The molecule has 2 heterocycles. The molecule has 2 atom stereocenters. The van der Waals surface area contributed by atoms with Gasteiger partial charge >= 0.3 is 56.5 Å². The van der Waals surface area contributed by atoms with Crippen LogP contribution in [0.4, 0.5) is 21.6 Å². The fraction of sp³-hybridized carbons (Fsp3) is 0.273. The third kappa shape index (κ3) is 27.5. The zero-order chi connectivity index (χ0) is 45.5. The molecule has 0 fully saturated rings. The molecule has 0 aliphatic heterocycles. The molecule has 0 saturated heterocycles. The average Bonchev–Trinajstić information content (AvgIpc) is 3.89. The van der Waals surface area contributed by atoms with Crippen LogP contribution in [0.25, 0.3) is 0 Å². The molecule has 0 aliphatic carbocycles. The van der Waals surface area contributed by atoms with E-state index in [-0.39, 0.29) is 37.3 Å². The minimum absolute atomic E-state index is 0. The van der Waals surface area contributed by atoms with Crippen molar-refractivity contribution in [2.75, 3.05) is 22.5 Å². The Labute approximate surface area is 438 Å². The first-order valence-electron chi connectivity index (χ1n) is 19.3. The summed E-state index contributed by atoms with van der Waals surface area (Å²) in [5, 5.41) is 35.7. The molecule has 0 saturated carbocycles. The summed E-state index contributed by atoms with van der Waals surface area (Å²) in [6, 6.07) is 35.5. The number of unbranched alkanes of at least 4 members (excludes halogenated alkanes) is 2. The van der Waals surface area contributed by atoms with E-state index in [2.05, 4.69) is 102 Å². The minimum atomic E-state index is -0.884. The van der Waals surface area contributed by atoms with Crippen molar-refractivity contribution in [2.45, 2.75) is 76.4 Å². The minimum Gasteiger partial charge on any atom is -0.481 e. The molecule has 0 aliphatic rings. The maximum atomic E-state index is 12.1. The molecule has 6 aromatic rings. The predicted octanol–water partition coefficient (Wildman–Crippen LogP) is 9.39. The smallest absolute Gasteiger partial charge is 0.309 e. The number of amides is 1. The molecule has 2 aromatic heterocycles. The summed E-state index contributed by atoms with van der Waals surface area (Å²) in [6.07, 6.45) is 7.11. The summed E-state index contributed by atoms with van der Waals surface area (Å²) in [5.74, 6) is -0.988. The van der Waals surface area contributed by atoms with Gasteiger partial charge in [-0.05, 0) is 85.0 Å². The van der Waals surface area contributed by atoms with Crippen molar-refractivity contribution >= 4 is 143 Å². The number of aryl methyl sites for hydroxylation is 2. The topological polar surface area (TPSA) is 211 Å². The molecule has 0 bridgehead atoms. The number of nitrogen functional groups attached to an aromatic ring is 3. The van der Waals surface area contributed by atoms with Gasteiger partial charge < -0.3 is 37.8 Å². The first-order valence-corrected chi connectivity index (χ1v) is 39.9. The summed E-state index contributed by atoms with van der Waals surface area (Å²) in [4.78, 5) is 30.0. The van der Waals surface area contributed by atoms with E-state index in [4.69, 9.17) is 22.3 Å². The first kappa shape index (κ1) is 59.4. The molecule has 63 heavy (non-hydrogen) atoms. The molecule has 11 nitrogen and oxygen atoms in total. The van der Waals surface area contributed by atoms with Gasteiger partial charge in [0.15, 0.2) is 10.3 Å². The molecular formula is C44H53ClI5N6O5S2-. The van der Waals surface area contributed by atoms with E-state index >= 15 is 0 Å². The molecule has 19 heteroatoms. The Kier molecular flexibility index (Phi) is 34.3. The van der Waals surface area contributed by atoms with Gasteiger partial charge in [-0.1, -0.05) is 97.8 Å². The number of anilines is 4. The predicted molar refractivity (Wildman–Crippen MR) is 295 cm³/mol. The molecule has 344 valence electrons. The zero-order valence-corrected chi connectivity index (χ0v) is 47.4. The number of thiazole rings is 2. The molecule has 0 radical (unpaired) electrons. The molecular weight excluding hydrogens is 1430 g/mol. The van der Waals surface area contributed by atoms with Crippen molar-refractivity contribution in [3.05, 3.63) is 154 Å². The summed E-state index contributed by atoms with van der Waals surface area (Å²) in [5.41, 5.74) is 23.8. The van der Waals surface area contributed by atoms with Crippen LogP contribution in [0.3, 0.4) is 0 Å². The monoisotopic (exact) mass is 1480 g/mol. The van der Waals surface area contributed by atoms with E-state index in [1.807, 2.05) is 97.1 Å². The number of carboxylic acids is 1. The second-order valence-electron chi connectivity index (χ2n) is 13.5. The van der Waals surface area contributed by atoms with Crippen molar-refractivity contribution in [2.24, 2.45) is 0 Å². The van der Waals surface area contributed by atoms with E-state index in [0.29, 0.717) is 34.9 Å². The Bertz CT molecular complexity index is 2090. The largest absolute Gasteiger partial charge is 0.481 e. The first-order chi connectivity index (χ1) is 29.9. The SMILES string of the molecule is Cl.II.I[I-]I.Nc1ccc(CCCC[C@H](O)c2ccccc2)cc1.Nc1nc(CC(=O)Nc2ccc(CCCC[C@H](O)c3ccccc3)cc2)cs1.Nc1nc(CC(=O)O)cs1. The number of nitrogens with zero attached hydrogens (tertiary/aromatic N) is 2. The number of rotatable bonds is 17. The van der Waals surface area contributed by atoms with Crippen LogP contribution in [0.2, 0.25) is 0 Å². The Hall–Kier alpha value is -1.66. The molecule has 6 rings (SSSR count). The second kappa shape index (κ2) is 36.5. The Balaban J connectivity index is 0.000000488. The number of nitrogens with two attached hydrogens (primary N) is 3.